The Balaban J connectivity index is 1.84. The average Bonchev–Trinajstić information content (AvgIpc) is 2.86. The van der Waals surface area contributed by atoms with Crippen molar-refractivity contribution in [3.63, 3.8) is 0 Å². The highest BCUT2D eigenvalue weighted by molar-refractivity contribution is 6.42. The molecule has 0 aliphatic heterocycles. The SMILES string of the molecule is CC(C)(O)C(C)(C)OB(O)CCn1c2ccccc2c2ccccc21. The van der Waals surface area contributed by atoms with Crippen LogP contribution in [0.3, 0.4) is 0 Å². The highest BCUT2D eigenvalue weighted by Gasteiger charge is 2.38. The summed E-state index contributed by atoms with van der Waals surface area (Å²) in [6.07, 6.45) is 0.447. The minimum atomic E-state index is -1.04. The number of hydrogen-bond acceptors (Lipinski definition) is 3. The average molecular weight is 339 g/mol. The summed E-state index contributed by atoms with van der Waals surface area (Å²) in [5, 5.41) is 23.0. The quantitative estimate of drug-likeness (QED) is 0.671. The van der Waals surface area contributed by atoms with Gasteiger partial charge in [-0.2, -0.15) is 0 Å². The molecule has 1 aromatic heterocycles. The molecule has 2 aromatic carbocycles. The summed E-state index contributed by atoms with van der Waals surface area (Å²) in [5.41, 5.74) is 0.420. The first-order chi connectivity index (χ1) is 11.7. The molecule has 0 aliphatic carbocycles. The predicted molar refractivity (Wildman–Crippen MR) is 104 cm³/mol. The fourth-order valence-corrected chi connectivity index (χ4v) is 3.03. The second-order valence-corrected chi connectivity index (χ2v) is 7.62. The third-order valence-electron chi connectivity index (χ3n) is 5.18. The standard InChI is InChI=1S/C20H26BNO3/c1-19(2,23)20(3,4)25-21(24)13-14-22-17-11-7-5-9-15(17)16-10-6-8-12-18(16)22/h5-12,23-24H,13-14H2,1-4H3. The molecule has 0 atom stereocenters. The van der Waals surface area contributed by atoms with Gasteiger partial charge in [-0.1, -0.05) is 36.4 Å². The van der Waals surface area contributed by atoms with E-state index < -0.39 is 18.3 Å². The smallest absolute Gasteiger partial charge is 0.427 e. The van der Waals surface area contributed by atoms with Crippen LogP contribution in [0.25, 0.3) is 21.8 Å². The fourth-order valence-electron chi connectivity index (χ4n) is 3.03. The van der Waals surface area contributed by atoms with Crippen LogP contribution in [0.4, 0.5) is 0 Å². The summed E-state index contributed by atoms with van der Waals surface area (Å²) in [6.45, 7) is 7.59. The number of fused-ring (bicyclic) bond motifs is 3. The van der Waals surface area contributed by atoms with Crippen molar-refractivity contribution >= 4 is 28.9 Å². The summed E-state index contributed by atoms with van der Waals surface area (Å²) >= 11 is 0. The summed E-state index contributed by atoms with van der Waals surface area (Å²) in [7, 11) is -0.943. The molecule has 2 N–H and O–H groups in total. The van der Waals surface area contributed by atoms with Crippen molar-refractivity contribution < 1.29 is 14.8 Å². The molecule has 25 heavy (non-hydrogen) atoms. The van der Waals surface area contributed by atoms with Crippen molar-refractivity contribution in [1.82, 2.24) is 4.57 Å². The normalized spacial score (nSPS) is 12.9. The highest BCUT2D eigenvalue weighted by Crippen LogP contribution is 2.30. The third-order valence-corrected chi connectivity index (χ3v) is 5.18. The van der Waals surface area contributed by atoms with Gasteiger partial charge < -0.3 is 19.4 Å². The zero-order chi connectivity index (χ0) is 18.2. The largest absolute Gasteiger partial charge is 0.456 e. The molecule has 0 unspecified atom stereocenters. The summed E-state index contributed by atoms with van der Waals surface area (Å²) in [4.78, 5) is 0. The Morgan fingerprint density at radius 2 is 1.40 bits per heavy atom. The second-order valence-electron chi connectivity index (χ2n) is 7.62. The topological polar surface area (TPSA) is 54.6 Å². The van der Waals surface area contributed by atoms with Crippen LogP contribution in [-0.4, -0.2) is 33.0 Å². The molecule has 3 rings (SSSR count). The van der Waals surface area contributed by atoms with E-state index >= 15 is 0 Å². The second kappa shape index (κ2) is 6.48. The van der Waals surface area contributed by atoms with Crippen LogP contribution in [0.2, 0.25) is 6.32 Å². The van der Waals surface area contributed by atoms with Crippen LogP contribution in [0, 0.1) is 0 Å². The van der Waals surface area contributed by atoms with Crippen molar-refractivity contribution in [2.24, 2.45) is 0 Å². The monoisotopic (exact) mass is 339 g/mol. The Hall–Kier alpha value is -1.82. The minimum absolute atomic E-state index is 0.447. The molecule has 4 nitrogen and oxygen atoms in total. The van der Waals surface area contributed by atoms with Gasteiger partial charge in [0.1, 0.15) is 0 Å². The van der Waals surface area contributed by atoms with E-state index in [2.05, 4.69) is 28.8 Å². The summed E-state index contributed by atoms with van der Waals surface area (Å²) in [6, 6.07) is 16.6. The minimum Gasteiger partial charge on any atom is -0.427 e. The lowest BCUT2D eigenvalue weighted by atomic mass is 9.80. The lowest BCUT2D eigenvalue weighted by molar-refractivity contribution is -0.100. The molecular formula is C20H26BNO3. The number of nitrogens with zero attached hydrogens (tertiary/aromatic N) is 1. The molecule has 0 radical (unpaired) electrons. The van der Waals surface area contributed by atoms with Gasteiger partial charge in [0.25, 0.3) is 0 Å². The zero-order valence-electron chi connectivity index (χ0n) is 15.4. The molecule has 3 aromatic rings. The van der Waals surface area contributed by atoms with E-state index in [4.69, 9.17) is 4.65 Å². The van der Waals surface area contributed by atoms with Gasteiger partial charge in [0.2, 0.25) is 0 Å². The van der Waals surface area contributed by atoms with Crippen molar-refractivity contribution in [3.8, 4) is 0 Å². The molecule has 0 saturated heterocycles. The van der Waals surface area contributed by atoms with E-state index in [1.54, 1.807) is 27.7 Å². The molecule has 0 bridgehead atoms. The van der Waals surface area contributed by atoms with E-state index in [9.17, 15) is 10.1 Å². The van der Waals surface area contributed by atoms with Crippen LogP contribution >= 0.6 is 0 Å². The van der Waals surface area contributed by atoms with Crippen molar-refractivity contribution in [2.75, 3.05) is 0 Å². The Morgan fingerprint density at radius 1 is 0.920 bits per heavy atom. The highest BCUT2D eigenvalue weighted by atomic mass is 16.5. The molecule has 0 spiro atoms. The molecule has 0 aliphatic rings. The molecule has 132 valence electrons. The van der Waals surface area contributed by atoms with E-state index in [-0.39, 0.29) is 0 Å². The van der Waals surface area contributed by atoms with Gasteiger partial charge in [0.15, 0.2) is 0 Å². The van der Waals surface area contributed by atoms with Gasteiger partial charge in [-0.25, -0.2) is 0 Å². The number of aryl methyl sites for hydroxylation is 1. The van der Waals surface area contributed by atoms with Crippen LogP contribution in [0.1, 0.15) is 27.7 Å². The number of rotatable bonds is 6. The first-order valence-corrected chi connectivity index (χ1v) is 8.75. The maximum Gasteiger partial charge on any atom is 0.456 e. The lowest BCUT2D eigenvalue weighted by Crippen LogP contribution is -2.50. The number of benzene rings is 2. The molecule has 5 heteroatoms. The summed E-state index contributed by atoms with van der Waals surface area (Å²) in [5.74, 6) is 0. The van der Waals surface area contributed by atoms with Gasteiger partial charge in [-0.15, -0.1) is 0 Å². The van der Waals surface area contributed by atoms with Gasteiger partial charge >= 0.3 is 7.12 Å². The van der Waals surface area contributed by atoms with Crippen molar-refractivity contribution in [2.45, 2.75) is 51.8 Å². The maximum absolute atomic E-state index is 10.3. The maximum atomic E-state index is 10.3. The molecule has 1 heterocycles. The van der Waals surface area contributed by atoms with E-state index in [1.165, 1.54) is 10.8 Å². The lowest BCUT2D eigenvalue weighted by Gasteiger charge is -2.38. The van der Waals surface area contributed by atoms with Gasteiger partial charge in [-0.3, -0.25) is 0 Å². The number of aliphatic hydroxyl groups is 1. The van der Waals surface area contributed by atoms with Gasteiger partial charge in [-0.05, 0) is 39.8 Å². The van der Waals surface area contributed by atoms with Crippen LogP contribution in [0.5, 0.6) is 0 Å². The predicted octanol–water partition coefficient (Wildman–Crippen LogP) is 3.84. The number of hydrogen-bond donors (Lipinski definition) is 2. The van der Waals surface area contributed by atoms with Crippen LogP contribution in [-0.2, 0) is 11.2 Å². The van der Waals surface area contributed by atoms with Gasteiger partial charge in [0.05, 0.1) is 11.2 Å². The van der Waals surface area contributed by atoms with Crippen LogP contribution < -0.4 is 0 Å². The van der Waals surface area contributed by atoms with Gasteiger partial charge in [0, 0.05) is 34.7 Å². The Kier molecular flexibility index (Phi) is 4.67. The Labute approximate surface area is 149 Å². The Bertz CT molecular complexity index is 826. The van der Waals surface area contributed by atoms with Crippen LogP contribution in [0.15, 0.2) is 48.5 Å². The van der Waals surface area contributed by atoms with E-state index in [1.807, 2.05) is 24.3 Å². The Morgan fingerprint density at radius 3 is 1.88 bits per heavy atom. The first-order valence-electron chi connectivity index (χ1n) is 8.75. The third kappa shape index (κ3) is 3.45. The molecule has 0 saturated carbocycles. The van der Waals surface area contributed by atoms with Crippen molar-refractivity contribution in [3.05, 3.63) is 48.5 Å². The van der Waals surface area contributed by atoms with E-state index in [0.717, 1.165) is 11.0 Å². The molecule has 0 fully saturated rings. The van der Waals surface area contributed by atoms with E-state index in [0.29, 0.717) is 12.9 Å². The molecule has 0 amide bonds. The first kappa shape index (κ1) is 18.0. The van der Waals surface area contributed by atoms with Crippen molar-refractivity contribution in [1.29, 1.82) is 0 Å². The summed E-state index contributed by atoms with van der Waals surface area (Å²) < 4.78 is 7.93. The fraction of sp³-hybridized carbons (Fsp3) is 0.400. The number of para-hydroxylation sites is 2. The molecular weight excluding hydrogens is 313 g/mol. The number of aromatic nitrogens is 1. The zero-order valence-corrected chi connectivity index (χ0v) is 15.4.